The van der Waals surface area contributed by atoms with Crippen molar-refractivity contribution < 1.29 is 4.79 Å². The maximum Gasteiger partial charge on any atom is 0.264 e. The smallest absolute Gasteiger partial charge is 0.264 e. The Morgan fingerprint density at radius 3 is 2.88 bits per heavy atom. The lowest BCUT2D eigenvalue weighted by Gasteiger charge is -2.30. The minimum absolute atomic E-state index is 0.169. The van der Waals surface area contributed by atoms with Crippen molar-refractivity contribution in [3.63, 3.8) is 0 Å². The topological polar surface area (TPSA) is 20.3 Å². The molecule has 1 saturated heterocycles. The highest BCUT2D eigenvalue weighted by molar-refractivity contribution is 9.13. The first-order valence-corrected chi connectivity index (χ1v) is 7.72. The second-order valence-corrected chi connectivity index (χ2v) is 7.46. The molecule has 0 aliphatic carbocycles. The van der Waals surface area contributed by atoms with Gasteiger partial charge in [0.1, 0.15) is 0 Å². The quantitative estimate of drug-likeness (QED) is 0.731. The fraction of sp³-hybridized carbons (Fsp3) is 0.545. The van der Waals surface area contributed by atoms with Gasteiger partial charge in [0.15, 0.2) is 0 Å². The van der Waals surface area contributed by atoms with Gasteiger partial charge >= 0.3 is 0 Å². The van der Waals surface area contributed by atoms with E-state index in [1.54, 1.807) is 0 Å². The Morgan fingerprint density at radius 1 is 1.56 bits per heavy atom. The molecule has 1 amide bonds. The van der Waals surface area contributed by atoms with Crippen LogP contribution >= 0.6 is 43.2 Å². The van der Waals surface area contributed by atoms with Crippen LogP contribution in [-0.2, 0) is 0 Å². The maximum absolute atomic E-state index is 12.2. The number of likely N-dealkylation sites (tertiary alicyclic amines) is 1. The molecule has 1 unspecified atom stereocenters. The van der Waals surface area contributed by atoms with Crippen molar-refractivity contribution >= 4 is 49.1 Å². The Bertz CT molecular complexity index is 385. The third-order valence-electron chi connectivity index (χ3n) is 2.80. The van der Waals surface area contributed by atoms with Crippen LogP contribution in [0.1, 0.15) is 29.4 Å². The summed E-state index contributed by atoms with van der Waals surface area (Å²) in [6, 6.07) is 1.90. The van der Waals surface area contributed by atoms with Gasteiger partial charge in [0.05, 0.1) is 8.66 Å². The third kappa shape index (κ3) is 2.68. The van der Waals surface area contributed by atoms with E-state index in [0.717, 1.165) is 32.6 Å². The van der Waals surface area contributed by atoms with Crippen molar-refractivity contribution in [1.82, 2.24) is 4.90 Å². The van der Waals surface area contributed by atoms with Crippen LogP contribution in [-0.4, -0.2) is 23.9 Å². The first-order chi connectivity index (χ1) is 7.58. The Balaban J connectivity index is 2.12. The summed E-state index contributed by atoms with van der Waals surface area (Å²) in [4.78, 5) is 15.0. The van der Waals surface area contributed by atoms with Crippen LogP contribution in [0.15, 0.2) is 14.3 Å². The van der Waals surface area contributed by atoms with Crippen molar-refractivity contribution in [2.75, 3.05) is 13.1 Å². The number of thiophene rings is 1. The molecule has 1 aliphatic rings. The molecular weight excluding hydrogens is 354 g/mol. The van der Waals surface area contributed by atoms with Crippen LogP contribution < -0.4 is 0 Å². The van der Waals surface area contributed by atoms with E-state index in [9.17, 15) is 4.79 Å². The van der Waals surface area contributed by atoms with E-state index in [1.165, 1.54) is 17.8 Å². The molecule has 16 heavy (non-hydrogen) atoms. The highest BCUT2D eigenvalue weighted by atomic mass is 79.9. The van der Waals surface area contributed by atoms with Gasteiger partial charge in [-0.25, -0.2) is 0 Å². The SMILES string of the molecule is CC1CCCN(C(=O)c2cc(Br)c(Br)s2)C1. The van der Waals surface area contributed by atoms with E-state index in [0.29, 0.717) is 5.92 Å². The van der Waals surface area contributed by atoms with Crippen molar-refractivity contribution in [2.24, 2.45) is 5.92 Å². The van der Waals surface area contributed by atoms with Crippen molar-refractivity contribution in [1.29, 1.82) is 0 Å². The first kappa shape index (κ1) is 12.6. The van der Waals surface area contributed by atoms with Crippen LogP contribution in [0.5, 0.6) is 0 Å². The minimum atomic E-state index is 0.169. The standard InChI is InChI=1S/C11H13Br2NOS/c1-7-3-2-4-14(6-7)11(15)9-5-8(12)10(13)16-9/h5,7H,2-4,6H2,1H3. The van der Waals surface area contributed by atoms with Gasteiger partial charge in [-0.05, 0) is 56.7 Å². The summed E-state index contributed by atoms with van der Waals surface area (Å²) in [7, 11) is 0. The number of carbonyl (C=O) groups is 1. The number of nitrogens with zero attached hydrogens (tertiary/aromatic N) is 1. The molecule has 0 spiro atoms. The average Bonchev–Trinajstić information content (AvgIpc) is 2.58. The number of hydrogen-bond donors (Lipinski definition) is 0. The monoisotopic (exact) mass is 365 g/mol. The van der Waals surface area contributed by atoms with E-state index in [2.05, 4.69) is 38.8 Å². The normalized spacial score (nSPS) is 21.2. The molecule has 0 bridgehead atoms. The van der Waals surface area contributed by atoms with Gasteiger partial charge in [-0.15, -0.1) is 11.3 Å². The van der Waals surface area contributed by atoms with Crippen molar-refractivity contribution in [2.45, 2.75) is 19.8 Å². The molecule has 2 heterocycles. The molecule has 0 aromatic carbocycles. The average molecular weight is 367 g/mol. The van der Waals surface area contributed by atoms with Gasteiger partial charge in [-0.1, -0.05) is 6.92 Å². The summed E-state index contributed by atoms with van der Waals surface area (Å²) < 4.78 is 1.95. The summed E-state index contributed by atoms with van der Waals surface area (Å²) in [5.41, 5.74) is 0. The van der Waals surface area contributed by atoms with Crippen molar-refractivity contribution in [3.05, 3.63) is 19.2 Å². The number of halogens is 2. The Kier molecular flexibility index (Phi) is 4.08. The molecule has 1 atom stereocenters. The van der Waals surface area contributed by atoms with E-state index >= 15 is 0 Å². The molecule has 0 radical (unpaired) electrons. The Labute approximate surface area is 116 Å². The predicted octanol–water partition coefficient (Wildman–Crippen LogP) is 4.15. The molecule has 88 valence electrons. The molecule has 2 rings (SSSR count). The van der Waals surface area contributed by atoms with Gasteiger partial charge in [0.25, 0.3) is 5.91 Å². The lowest BCUT2D eigenvalue weighted by Crippen LogP contribution is -2.38. The highest BCUT2D eigenvalue weighted by Gasteiger charge is 2.23. The summed E-state index contributed by atoms with van der Waals surface area (Å²) in [5.74, 6) is 0.799. The fourth-order valence-corrected chi connectivity index (χ4v) is 3.99. The maximum atomic E-state index is 12.2. The van der Waals surface area contributed by atoms with Gasteiger partial charge in [0.2, 0.25) is 0 Å². The number of rotatable bonds is 1. The van der Waals surface area contributed by atoms with Gasteiger partial charge < -0.3 is 4.90 Å². The van der Waals surface area contributed by atoms with E-state index in [-0.39, 0.29) is 5.91 Å². The molecule has 1 aromatic rings. The highest BCUT2D eigenvalue weighted by Crippen LogP contribution is 2.33. The predicted molar refractivity (Wildman–Crippen MR) is 74.0 cm³/mol. The summed E-state index contributed by atoms with van der Waals surface area (Å²) in [6.45, 7) is 4.00. The molecule has 1 fully saturated rings. The van der Waals surface area contributed by atoms with E-state index < -0.39 is 0 Å². The molecule has 5 heteroatoms. The number of piperidine rings is 1. The molecule has 0 saturated carbocycles. The van der Waals surface area contributed by atoms with E-state index in [1.807, 2.05) is 11.0 Å². The zero-order valence-corrected chi connectivity index (χ0v) is 13.0. The molecule has 1 aromatic heterocycles. The Morgan fingerprint density at radius 2 is 2.31 bits per heavy atom. The van der Waals surface area contributed by atoms with Crippen LogP contribution in [0, 0.1) is 5.92 Å². The van der Waals surface area contributed by atoms with Crippen LogP contribution in [0.2, 0.25) is 0 Å². The fourth-order valence-electron chi connectivity index (χ4n) is 1.98. The zero-order valence-electron chi connectivity index (χ0n) is 9.00. The number of carbonyl (C=O) groups excluding carboxylic acids is 1. The van der Waals surface area contributed by atoms with E-state index in [4.69, 9.17) is 0 Å². The van der Waals surface area contributed by atoms with Gasteiger partial charge in [-0.2, -0.15) is 0 Å². The summed E-state index contributed by atoms with van der Waals surface area (Å²) in [5, 5.41) is 0. The third-order valence-corrected chi connectivity index (χ3v) is 6.04. The lowest BCUT2D eigenvalue weighted by atomic mass is 10.0. The second-order valence-electron chi connectivity index (χ2n) is 4.23. The summed E-state index contributed by atoms with van der Waals surface area (Å²) >= 11 is 8.33. The number of hydrogen-bond acceptors (Lipinski definition) is 2. The van der Waals surface area contributed by atoms with Crippen LogP contribution in [0.4, 0.5) is 0 Å². The molecule has 2 nitrogen and oxygen atoms in total. The minimum Gasteiger partial charge on any atom is -0.338 e. The Hall–Kier alpha value is 0.130. The largest absolute Gasteiger partial charge is 0.338 e. The second kappa shape index (κ2) is 5.19. The molecule has 0 N–H and O–H groups in total. The van der Waals surface area contributed by atoms with Gasteiger partial charge in [0, 0.05) is 17.6 Å². The first-order valence-electron chi connectivity index (χ1n) is 5.32. The lowest BCUT2D eigenvalue weighted by molar-refractivity contribution is 0.0688. The molecule has 1 aliphatic heterocycles. The number of amides is 1. The van der Waals surface area contributed by atoms with Crippen LogP contribution in [0.25, 0.3) is 0 Å². The van der Waals surface area contributed by atoms with Crippen molar-refractivity contribution in [3.8, 4) is 0 Å². The summed E-state index contributed by atoms with van der Waals surface area (Å²) in [6.07, 6.45) is 2.36. The van der Waals surface area contributed by atoms with Gasteiger partial charge in [-0.3, -0.25) is 4.79 Å². The molecular formula is C11H13Br2NOS. The van der Waals surface area contributed by atoms with Crippen LogP contribution in [0.3, 0.4) is 0 Å². The zero-order chi connectivity index (χ0) is 11.7.